The molecule has 1 aliphatic carbocycles. The van der Waals surface area contributed by atoms with E-state index in [0.717, 1.165) is 44.3 Å². The average Bonchev–Trinajstić information content (AvgIpc) is 3.28. The van der Waals surface area contributed by atoms with Crippen LogP contribution < -0.4 is 0 Å². The van der Waals surface area contributed by atoms with Gasteiger partial charge in [-0.2, -0.15) is 0 Å². The third-order valence-electron chi connectivity index (χ3n) is 4.19. The Bertz CT molecular complexity index is 490. The predicted octanol–water partition coefficient (Wildman–Crippen LogP) is 3.48. The Balaban J connectivity index is 1.61. The minimum Gasteiger partial charge on any atom is -0.462 e. The monoisotopic (exact) mass is 294 g/mol. The van der Waals surface area contributed by atoms with Gasteiger partial charge in [-0.05, 0) is 49.8 Å². The van der Waals surface area contributed by atoms with Gasteiger partial charge in [0, 0.05) is 11.6 Å². The van der Waals surface area contributed by atoms with Gasteiger partial charge in [-0.25, -0.2) is 0 Å². The molecule has 1 atom stereocenters. The summed E-state index contributed by atoms with van der Waals surface area (Å²) in [6.45, 7) is 1.16. The summed E-state index contributed by atoms with van der Waals surface area (Å²) in [7, 11) is 0. The van der Waals surface area contributed by atoms with Crippen LogP contribution in [-0.2, 0) is 19.7 Å². The second kappa shape index (κ2) is 5.74. The molecule has 20 heavy (non-hydrogen) atoms. The minimum atomic E-state index is -0.459. The molecule has 0 N–H and O–H groups in total. The van der Waals surface area contributed by atoms with E-state index in [4.69, 9.17) is 21.1 Å². The van der Waals surface area contributed by atoms with E-state index in [0.29, 0.717) is 11.6 Å². The number of hydrogen-bond acceptors (Lipinski definition) is 3. The summed E-state index contributed by atoms with van der Waals surface area (Å²) in [5, 5.41) is 0.664. The standard InChI is InChI=1S/C16H19ClO3/c17-13-5-3-4-12(10-13)16(7-8-16)15(18)20-11-14-6-1-2-9-19-14/h3-5,10,14H,1-2,6-9,11H2. The van der Waals surface area contributed by atoms with Crippen LogP contribution >= 0.6 is 11.6 Å². The fourth-order valence-corrected chi connectivity index (χ4v) is 2.96. The molecule has 0 amide bonds. The van der Waals surface area contributed by atoms with Crippen LogP contribution in [0.5, 0.6) is 0 Å². The van der Waals surface area contributed by atoms with Crippen molar-refractivity contribution >= 4 is 17.6 Å². The maximum absolute atomic E-state index is 12.4. The average molecular weight is 295 g/mol. The Morgan fingerprint density at radius 2 is 2.25 bits per heavy atom. The van der Waals surface area contributed by atoms with Gasteiger partial charge in [-0.15, -0.1) is 0 Å². The SMILES string of the molecule is O=C(OCC1CCCCO1)C1(c2cccc(Cl)c2)CC1. The number of ether oxygens (including phenoxy) is 2. The molecule has 2 aliphatic rings. The van der Waals surface area contributed by atoms with E-state index >= 15 is 0 Å². The Hall–Kier alpha value is -1.06. The lowest BCUT2D eigenvalue weighted by Gasteiger charge is -2.23. The Labute approximate surface area is 124 Å². The summed E-state index contributed by atoms with van der Waals surface area (Å²) in [6, 6.07) is 7.53. The van der Waals surface area contributed by atoms with Crippen molar-refractivity contribution in [3.8, 4) is 0 Å². The molecule has 1 aromatic carbocycles. The van der Waals surface area contributed by atoms with Crippen LogP contribution in [0.2, 0.25) is 5.02 Å². The maximum atomic E-state index is 12.4. The Morgan fingerprint density at radius 1 is 1.40 bits per heavy atom. The van der Waals surface area contributed by atoms with Gasteiger partial charge in [-0.1, -0.05) is 23.7 Å². The van der Waals surface area contributed by atoms with Crippen molar-refractivity contribution in [2.45, 2.75) is 43.6 Å². The van der Waals surface area contributed by atoms with E-state index in [1.165, 1.54) is 0 Å². The van der Waals surface area contributed by atoms with E-state index in [2.05, 4.69) is 0 Å². The zero-order valence-corrected chi connectivity index (χ0v) is 12.2. The van der Waals surface area contributed by atoms with Gasteiger partial charge in [0.15, 0.2) is 0 Å². The molecule has 3 rings (SSSR count). The summed E-state index contributed by atoms with van der Waals surface area (Å²) >= 11 is 6.01. The smallest absolute Gasteiger partial charge is 0.316 e. The number of rotatable bonds is 4. The molecular weight excluding hydrogens is 276 g/mol. The Kier molecular flexibility index (Phi) is 3.99. The molecule has 1 unspecified atom stereocenters. The van der Waals surface area contributed by atoms with E-state index in [1.54, 1.807) is 0 Å². The Morgan fingerprint density at radius 3 is 2.90 bits per heavy atom. The van der Waals surface area contributed by atoms with Gasteiger partial charge in [0.2, 0.25) is 0 Å². The molecule has 4 heteroatoms. The van der Waals surface area contributed by atoms with Crippen molar-refractivity contribution in [2.75, 3.05) is 13.2 Å². The van der Waals surface area contributed by atoms with Crippen molar-refractivity contribution in [1.29, 1.82) is 0 Å². The van der Waals surface area contributed by atoms with Gasteiger partial charge in [0.25, 0.3) is 0 Å². The van der Waals surface area contributed by atoms with E-state index in [-0.39, 0.29) is 12.1 Å². The molecule has 0 radical (unpaired) electrons. The molecule has 3 nitrogen and oxygen atoms in total. The summed E-state index contributed by atoms with van der Waals surface area (Å²) < 4.78 is 11.1. The summed E-state index contributed by atoms with van der Waals surface area (Å²) in [5.41, 5.74) is 0.513. The van der Waals surface area contributed by atoms with Crippen LogP contribution in [0.15, 0.2) is 24.3 Å². The van der Waals surface area contributed by atoms with Gasteiger partial charge < -0.3 is 9.47 Å². The van der Waals surface area contributed by atoms with Crippen LogP contribution in [0.1, 0.15) is 37.7 Å². The summed E-state index contributed by atoms with van der Waals surface area (Å²) in [5.74, 6) is -0.131. The lowest BCUT2D eigenvalue weighted by atomic mass is 9.96. The van der Waals surface area contributed by atoms with Crippen LogP contribution in [0.3, 0.4) is 0 Å². The zero-order valence-electron chi connectivity index (χ0n) is 11.4. The molecule has 1 saturated heterocycles. The predicted molar refractivity (Wildman–Crippen MR) is 76.9 cm³/mol. The number of carbonyl (C=O) groups is 1. The number of benzene rings is 1. The van der Waals surface area contributed by atoms with Gasteiger partial charge >= 0.3 is 5.97 Å². The first-order chi connectivity index (χ1) is 9.71. The number of carbonyl (C=O) groups excluding carboxylic acids is 1. The third-order valence-corrected chi connectivity index (χ3v) is 4.43. The van der Waals surface area contributed by atoms with Crippen molar-refractivity contribution < 1.29 is 14.3 Å². The first-order valence-electron chi connectivity index (χ1n) is 7.26. The first-order valence-corrected chi connectivity index (χ1v) is 7.63. The van der Waals surface area contributed by atoms with Gasteiger partial charge in [0.1, 0.15) is 6.61 Å². The zero-order chi connectivity index (χ0) is 14.0. The van der Waals surface area contributed by atoms with Crippen LogP contribution in [0, 0.1) is 0 Å². The maximum Gasteiger partial charge on any atom is 0.316 e. The van der Waals surface area contributed by atoms with E-state index in [9.17, 15) is 4.79 Å². The molecule has 0 bridgehead atoms. The lowest BCUT2D eigenvalue weighted by Crippen LogP contribution is -2.30. The molecule has 1 aromatic rings. The second-order valence-corrected chi connectivity index (χ2v) is 6.12. The normalized spacial score (nSPS) is 24.1. The molecule has 2 fully saturated rings. The highest BCUT2D eigenvalue weighted by atomic mass is 35.5. The van der Waals surface area contributed by atoms with E-state index in [1.807, 2.05) is 24.3 Å². The molecule has 1 saturated carbocycles. The fourth-order valence-electron chi connectivity index (χ4n) is 2.77. The van der Waals surface area contributed by atoms with Crippen molar-refractivity contribution in [3.05, 3.63) is 34.9 Å². The van der Waals surface area contributed by atoms with Crippen molar-refractivity contribution in [1.82, 2.24) is 0 Å². The highest BCUT2D eigenvalue weighted by Gasteiger charge is 2.53. The molecular formula is C16H19ClO3. The third kappa shape index (κ3) is 2.84. The molecule has 108 valence electrons. The fraction of sp³-hybridized carbons (Fsp3) is 0.562. The molecule has 0 spiro atoms. The quantitative estimate of drug-likeness (QED) is 0.798. The highest BCUT2D eigenvalue weighted by Crippen LogP contribution is 2.49. The number of esters is 1. The highest BCUT2D eigenvalue weighted by molar-refractivity contribution is 6.30. The van der Waals surface area contributed by atoms with Crippen LogP contribution in [0.4, 0.5) is 0 Å². The van der Waals surface area contributed by atoms with Gasteiger partial charge in [0.05, 0.1) is 11.5 Å². The minimum absolute atomic E-state index is 0.0721. The van der Waals surface area contributed by atoms with E-state index < -0.39 is 5.41 Å². The summed E-state index contributed by atoms with van der Waals surface area (Å²) in [6.07, 6.45) is 5.01. The largest absolute Gasteiger partial charge is 0.462 e. The van der Waals surface area contributed by atoms with Gasteiger partial charge in [-0.3, -0.25) is 4.79 Å². The molecule has 1 aliphatic heterocycles. The van der Waals surface area contributed by atoms with Crippen LogP contribution in [0.25, 0.3) is 0 Å². The molecule has 0 aromatic heterocycles. The first kappa shape index (κ1) is 13.9. The topological polar surface area (TPSA) is 35.5 Å². The van der Waals surface area contributed by atoms with Crippen molar-refractivity contribution in [3.63, 3.8) is 0 Å². The molecule has 1 heterocycles. The lowest BCUT2D eigenvalue weighted by molar-refractivity contribution is -0.152. The second-order valence-electron chi connectivity index (χ2n) is 5.68. The summed E-state index contributed by atoms with van der Waals surface area (Å²) in [4.78, 5) is 12.4. The number of hydrogen-bond donors (Lipinski definition) is 0. The number of halogens is 1. The van der Waals surface area contributed by atoms with Crippen molar-refractivity contribution in [2.24, 2.45) is 0 Å². The van der Waals surface area contributed by atoms with Crippen LogP contribution in [-0.4, -0.2) is 25.3 Å².